The summed E-state index contributed by atoms with van der Waals surface area (Å²) in [5.74, 6) is 0.199. The molecule has 0 saturated carbocycles. The predicted molar refractivity (Wildman–Crippen MR) is 66.3 cm³/mol. The Morgan fingerprint density at radius 2 is 2.21 bits per heavy atom. The van der Waals surface area contributed by atoms with Gasteiger partial charge < -0.3 is 9.15 Å². The van der Waals surface area contributed by atoms with E-state index in [0.717, 1.165) is 11.3 Å². The molecule has 0 spiro atoms. The number of carbonyl (C=O) groups is 1. The summed E-state index contributed by atoms with van der Waals surface area (Å²) < 4.78 is 10.2. The number of aryl methyl sites for hydroxylation is 2. The van der Waals surface area contributed by atoms with Gasteiger partial charge in [0.1, 0.15) is 24.1 Å². The van der Waals surface area contributed by atoms with Gasteiger partial charge in [0.15, 0.2) is 0 Å². The highest BCUT2D eigenvalue weighted by atomic mass is 16.5. The van der Waals surface area contributed by atoms with Gasteiger partial charge >= 0.3 is 5.97 Å². The van der Waals surface area contributed by atoms with Gasteiger partial charge in [-0.15, -0.1) is 0 Å². The third kappa shape index (κ3) is 2.80. The maximum Gasteiger partial charge on any atom is 0.357 e. The molecule has 0 bridgehead atoms. The molecule has 96 valence electrons. The van der Waals surface area contributed by atoms with E-state index in [1.807, 2.05) is 6.07 Å². The number of nitrogens with zero attached hydrogens (tertiary/aromatic N) is 2. The number of furan rings is 1. The van der Waals surface area contributed by atoms with Crippen molar-refractivity contribution in [2.75, 3.05) is 0 Å². The Kier molecular flexibility index (Phi) is 3.62. The maximum atomic E-state index is 11.8. The highest BCUT2D eigenvalue weighted by molar-refractivity contribution is 5.87. The molecule has 0 aliphatic carbocycles. The summed E-state index contributed by atoms with van der Waals surface area (Å²) >= 11 is 0. The Hall–Kier alpha value is -2.61. The van der Waals surface area contributed by atoms with E-state index >= 15 is 0 Å². The van der Waals surface area contributed by atoms with Gasteiger partial charge in [0, 0.05) is 5.56 Å². The molecule has 0 fully saturated rings. The minimum absolute atomic E-state index is 0.141. The molecule has 2 rings (SSSR count). The van der Waals surface area contributed by atoms with Crippen molar-refractivity contribution in [3.8, 4) is 6.07 Å². The molecular formula is C14H12N2O3. The Balaban J connectivity index is 2.07. The van der Waals surface area contributed by atoms with E-state index in [9.17, 15) is 4.79 Å². The van der Waals surface area contributed by atoms with Crippen LogP contribution in [0.15, 0.2) is 28.9 Å². The number of nitriles is 1. The predicted octanol–water partition coefficient (Wildman–Crippen LogP) is 2.52. The molecule has 0 aromatic carbocycles. The minimum Gasteiger partial charge on any atom is -0.469 e. The molecular weight excluding hydrogens is 244 g/mol. The van der Waals surface area contributed by atoms with Crippen LogP contribution in [-0.2, 0) is 11.3 Å². The van der Waals surface area contributed by atoms with E-state index in [1.165, 1.54) is 6.07 Å². The van der Waals surface area contributed by atoms with Crippen molar-refractivity contribution < 1.29 is 13.9 Å². The van der Waals surface area contributed by atoms with Gasteiger partial charge in [0.2, 0.25) is 0 Å². The van der Waals surface area contributed by atoms with E-state index in [4.69, 9.17) is 14.4 Å². The summed E-state index contributed by atoms with van der Waals surface area (Å²) in [5.41, 5.74) is 1.97. The number of esters is 1. The van der Waals surface area contributed by atoms with E-state index < -0.39 is 5.97 Å². The summed E-state index contributed by atoms with van der Waals surface area (Å²) in [4.78, 5) is 15.9. The lowest BCUT2D eigenvalue weighted by molar-refractivity contribution is 0.0464. The Labute approximate surface area is 110 Å². The molecule has 0 aliphatic heterocycles. The van der Waals surface area contributed by atoms with E-state index in [1.54, 1.807) is 32.2 Å². The van der Waals surface area contributed by atoms with Gasteiger partial charge in [0.25, 0.3) is 0 Å². The number of rotatable bonds is 3. The lowest BCUT2D eigenvalue weighted by Crippen LogP contribution is -2.08. The molecule has 0 N–H and O–H groups in total. The standard InChI is InChI=1S/C14H12N2O3/c1-9-11(7-15)3-4-13(16-9)14(17)19-8-12-5-6-18-10(12)2/h3-6H,8H2,1-2H3. The number of ether oxygens (including phenoxy) is 1. The zero-order chi connectivity index (χ0) is 13.8. The summed E-state index contributed by atoms with van der Waals surface area (Å²) in [6.45, 7) is 3.62. The van der Waals surface area contributed by atoms with Crippen LogP contribution in [0.3, 0.4) is 0 Å². The largest absolute Gasteiger partial charge is 0.469 e. The highest BCUT2D eigenvalue weighted by Crippen LogP contribution is 2.12. The van der Waals surface area contributed by atoms with Crippen LogP contribution in [0.5, 0.6) is 0 Å². The third-order valence-corrected chi connectivity index (χ3v) is 2.74. The normalized spacial score (nSPS) is 9.95. The van der Waals surface area contributed by atoms with Crippen molar-refractivity contribution in [3.05, 3.63) is 52.7 Å². The molecule has 0 unspecified atom stereocenters. The molecule has 5 nitrogen and oxygen atoms in total. The number of aromatic nitrogens is 1. The van der Waals surface area contributed by atoms with Gasteiger partial charge in [0.05, 0.1) is 17.5 Å². The third-order valence-electron chi connectivity index (χ3n) is 2.74. The van der Waals surface area contributed by atoms with Crippen molar-refractivity contribution in [1.82, 2.24) is 4.98 Å². The van der Waals surface area contributed by atoms with E-state index in [2.05, 4.69) is 4.98 Å². The molecule has 0 aliphatic rings. The molecule has 0 atom stereocenters. The SMILES string of the molecule is Cc1nc(C(=O)OCc2ccoc2C)ccc1C#N. The Morgan fingerprint density at radius 3 is 2.79 bits per heavy atom. The molecule has 19 heavy (non-hydrogen) atoms. The lowest BCUT2D eigenvalue weighted by atomic mass is 10.2. The quantitative estimate of drug-likeness (QED) is 0.788. The number of pyridine rings is 1. The second kappa shape index (κ2) is 5.36. The van der Waals surface area contributed by atoms with Crippen molar-refractivity contribution in [3.63, 3.8) is 0 Å². The van der Waals surface area contributed by atoms with Crippen molar-refractivity contribution in [2.45, 2.75) is 20.5 Å². The number of carbonyl (C=O) groups excluding carboxylic acids is 1. The molecule has 2 aromatic rings. The van der Waals surface area contributed by atoms with Gasteiger partial charge in [-0.3, -0.25) is 0 Å². The lowest BCUT2D eigenvalue weighted by Gasteiger charge is -2.04. The van der Waals surface area contributed by atoms with E-state index in [-0.39, 0.29) is 12.3 Å². The van der Waals surface area contributed by atoms with Crippen LogP contribution in [0.4, 0.5) is 0 Å². The summed E-state index contributed by atoms with van der Waals surface area (Å²) in [5, 5.41) is 8.79. The molecule has 2 aromatic heterocycles. The number of hydrogen-bond acceptors (Lipinski definition) is 5. The van der Waals surface area contributed by atoms with Gasteiger partial charge in [-0.2, -0.15) is 5.26 Å². The average Bonchev–Trinajstić information content (AvgIpc) is 2.81. The highest BCUT2D eigenvalue weighted by Gasteiger charge is 2.12. The first-order valence-corrected chi connectivity index (χ1v) is 5.69. The first kappa shape index (κ1) is 12.8. The Bertz CT molecular complexity index is 653. The zero-order valence-corrected chi connectivity index (χ0v) is 10.6. The maximum absolute atomic E-state index is 11.8. The van der Waals surface area contributed by atoms with Gasteiger partial charge in [-0.05, 0) is 32.0 Å². The molecule has 0 radical (unpaired) electrons. The molecule has 2 heterocycles. The fraction of sp³-hybridized carbons (Fsp3) is 0.214. The van der Waals surface area contributed by atoms with Crippen LogP contribution >= 0.6 is 0 Å². The topological polar surface area (TPSA) is 76.1 Å². The molecule has 0 saturated heterocycles. The monoisotopic (exact) mass is 256 g/mol. The van der Waals surface area contributed by atoms with Gasteiger partial charge in [-0.25, -0.2) is 9.78 Å². The van der Waals surface area contributed by atoms with Crippen LogP contribution < -0.4 is 0 Å². The first-order chi connectivity index (χ1) is 9.11. The summed E-state index contributed by atoms with van der Waals surface area (Å²) in [6, 6.07) is 6.79. The summed E-state index contributed by atoms with van der Waals surface area (Å²) in [7, 11) is 0. The van der Waals surface area contributed by atoms with Crippen LogP contribution in [0.25, 0.3) is 0 Å². The van der Waals surface area contributed by atoms with Crippen LogP contribution in [0.1, 0.15) is 33.1 Å². The molecule has 0 amide bonds. The minimum atomic E-state index is -0.520. The van der Waals surface area contributed by atoms with Crippen LogP contribution in [0.2, 0.25) is 0 Å². The van der Waals surface area contributed by atoms with Crippen LogP contribution in [-0.4, -0.2) is 11.0 Å². The van der Waals surface area contributed by atoms with Crippen LogP contribution in [0, 0.1) is 25.2 Å². The van der Waals surface area contributed by atoms with Gasteiger partial charge in [-0.1, -0.05) is 0 Å². The summed E-state index contributed by atoms with van der Waals surface area (Å²) in [6.07, 6.45) is 1.54. The smallest absolute Gasteiger partial charge is 0.357 e. The fourth-order valence-electron chi connectivity index (χ4n) is 1.57. The number of hydrogen-bond donors (Lipinski definition) is 0. The second-order valence-corrected chi connectivity index (χ2v) is 4.02. The average molecular weight is 256 g/mol. The fourth-order valence-corrected chi connectivity index (χ4v) is 1.57. The van der Waals surface area contributed by atoms with Crippen molar-refractivity contribution in [2.24, 2.45) is 0 Å². The second-order valence-electron chi connectivity index (χ2n) is 4.02. The Morgan fingerprint density at radius 1 is 1.42 bits per heavy atom. The van der Waals surface area contributed by atoms with Crippen molar-refractivity contribution >= 4 is 5.97 Å². The van der Waals surface area contributed by atoms with Crippen molar-refractivity contribution in [1.29, 1.82) is 5.26 Å². The molecule has 5 heteroatoms. The zero-order valence-electron chi connectivity index (χ0n) is 10.6. The van der Waals surface area contributed by atoms with E-state index in [0.29, 0.717) is 11.3 Å². The first-order valence-electron chi connectivity index (χ1n) is 5.69.